The predicted molar refractivity (Wildman–Crippen MR) is 78.6 cm³/mol. The van der Waals surface area contributed by atoms with E-state index in [1.54, 1.807) is 11.3 Å². The van der Waals surface area contributed by atoms with Crippen LogP contribution in [0.3, 0.4) is 0 Å². The van der Waals surface area contributed by atoms with Crippen LogP contribution in [0.15, 0.2) is 41.8 Å². The van der Waals surface area contributed by atoms with Crippen LogP contribution in [-0.2, 0) is 12.0 Å². The molecule has 3 aromatic rings. The van der Waals surface area contributed by atoms with Crippen molar-refractivity contribution < 1.29 is 5.11 Å². The number of aromatic nitrogens is 1. The zero-order valence-corrected chi connectivity index (χ0v) is 11.3. The summed E-state index contributed by atoms with van der Waals surface area (Å²) in [5.41, 5.74) is 2.27. The fourth-order valence-electron chi connectivity index (χ4n) is 3.12. The number of aryl methyl sites for hydroxylation is 1. The minimum Gasteiger partial charge on any atom is -0.379 e. The zero-order chi connectivity index (χ0) is 12.9. The van der Waals surface area contributed by atoms with Crippen molar-refractivity contribution in [2.45, 2.75) is 24.9 Å². The highest BCUT2D eigenvalue weighted by molar-refractivity contribution is 7.10. The summed E-state index contributed by atoms with van der Waals surface area (Å²) in [6.07, 6.45) is 2.93. The predicted octanol–water partition coefficient (Wildman–Crippen LogP) is 3.80. The Balaban J connectivity index is 1.92. The van der Waals surface area contributed by atoms with Crippen LogP contribution < -0.4 is 0 Å². The SMILES string of the molecule is OC1(c2cc3ccccc3[nH]2)CCCc2sccc21. The second kappa shape index (κ2) is 3.95. The molecule has 96 valence electrons. The van der Waals surface area contributed by atoms with Crippen LogP contribution in [0.4, 0.5) is 0 Å². The maximum atomic E-state index is 11.2. The zero-order valence-electron chi connectivity index (χ0n) is 10.5. The Labute approximate surface area is 115 Å². The smallest absolute Gasteiger partial charge is 0.130 e. The quantitative estimate of drug-likeness (QED) is 0.692. The average Bonchev–Trinajstić information content (AvgIpc) is 3.06. The summed E-state index contributed by atoms with van der Waals surface area (Å²) in [5, 5.41) is 14.4. The van der Waals surface area contributed by atoms with Crippen molar-refractivity contribution in [2.24, 2.45) is 0 Å². The summed E-state index contributed by atoms with van der Waals surface area (Å²) >= 11 is 1.76. The molecule has 2 aromatic heterocycles. The molecule has 1 aromatic carbocycles. The fourth-order valence-corrected chi connectivity index (χ4v) is 4.11. The van der Waals surface area contributed by atoms with Gasteiger partial charge in [0, 0.05) is 16.0 Å². The summed E-state index contributed by atoms with van der Waals surface area (Å²) in [6.45, 7) is 0. The maximum Gasteiger partial charge on any atom is 0.130 e. The first kappa shape index (κ1) is 11.3. The van der Waals surface area contributed by atoms with Gasteiger partial charge in [0.25, 0.3) is 0 Å². The third-order valence-electron chi connectivity index (χ3n) is 4.11. The van der Waals surface area contributed by atoms with Gasteiger partial charge in [-0.05, 0) is 48.2 Å². The van der Waals surface area contributed by atoms with Gasteiger partial charge in [0.1, 0.15) is 5.60 Å². The molecule has 0 fully saturated rings. The summed E-state index contributed by atoms with van der Waals surface area (Å²) in [5.74, 6) is 0. The van der Waals surface area contributed by atoms with E-state index in [2.05, 4.69) is 34.6 Å². The third kappa shape index (κ3) is 1.58. The molecule has 4 rings (SSSR count). The van der Waals surface area contributed by atoms with Gasteiger partial charge in [0.15, 0.2) is 0 Å². The van der Waals surface area contributed by atoms with Gasteiger partial charge in [0.2, 0.25) is 0 Å². The van der Waals surface area contributed by atoms with E-state index in [9.17, 15) is 5.11 Å². The third-order valence-corrected chi connectivity index (χ3v) is 5.09. The lowest BCUT2D eigenvalue weighted by molar-refractivity contribution is 0.0588. The van der Waals surface area contributed by atoms with Crippen molar-refractivity contribution in [3.63, 3.8) is 0 Å². The second-order valence-electron chi connectivity index (χ2n) is 5.24. The second-order valence-corrected chi connectivity index (χ2v) is 6.24. The molecule has 0 spiro atoms. The number of para-hydroxylation sites is 1. The maximum absolute atomic E-state index is 11.2. The lowest BCUT2D eigenvalue weighted by Crippen LogP contribution is -2.31. The molecule has 19 heavy (non-hydrogen) atoms. The molecule has 1 atom stereocenters. The molecule has 2 N–H and O–H groups in total. The van der Waals surface area contributed by atoms with Gasteiger partial charge < -0.3 is 10.1 Å². The Kier molecular flexibility index (Phi) is 2.34. The number of nitrogens with one attached hydrogen (secondary N) is 1. The Morgan fingerprint density at radius 1 is 1.21 bits per heavy atom. The molecule has 0 saturated carbocycles. The molecule has 2 nitrogen and oxygen atoms in total. The van der Waals surface area contributed by atoms with Gasteiger partial charge in [-0.3, -0.25) is 0 Å². The topological polar surface area (TPSA) is 36.0 Å². The lowest BCUT2D eigenvalue weighted by Gasteiger charge is -2.31. The summed E-state index contributed by atoms with van der Waals surface area (Å²) in [6, 6.07) is 12.3. The molecule has 0 bridgehead atoms. The Morgan fingerprint density at radius 2 is 2.11 bits per heavy atom. The van der Waals surface area contributed by atoms with E-state index in [1.165, 1.54) is 4.88 Å². The van der Waals surface area contributed by atoms with Crippen LogP contribution in [0.2, 0.25) is 0 Å². The highest BCUT2D eigenvalue weighted by Crippen LogP contribution is 2.42. The van der Waals surface area contributed by atoms with Crippen LogP contribution in [0.25, 0.3) is 10.9 Å². The van der Waals surface area contributed by atoms with Gasteiger partial charge in [-0.1, -0.05) is 18.2 Å². The first-order valence-corrected chi connectivity index (χ1v) is 7.53. The van der Waals surface area contributed by atoms with Gasteiger partial charge >= 0.3 is 0 Å². The number of hydrogen-bond acceptors (Lipinski definition) is 2. The van der Waals surface area contributed by atoms with E-state index >= 15 is 0 Å². The van der Waals surface area contributed by atoms with E-state index in [1.807, 2.05) is 12.1 Å². The van der Waals surface area contributed by atoms with Crippen LogP contribution in [0.1, 0.15) is 29.0 Å². The largest absolute Gasteiger partial charge is 0.379 e. The Bertz CT molecular complexity index is 709. The van der Waals surface area contributed by atoms with Crippen LogP contribution >= 0.6 is 11.3 Å². The molecule has 0 radical (unpaired) electrons. The highest BCUT2D eigenvalue weighted by Gasteiger charge is 2.38. The number of H-pyrrole nitrogens is 1. The van der Waals surface area contributed by atoms with Crippen LogP contribution in [0, 0.1) is 0 Å². The van der Waals surface area contributed by atoms with E-state index in [4.69, 9.17) is 0 Å². The minimum atomic E-state index is -0.841. The first-order chi connectivity index (χ1) is 9.27. The molecule has 0 saturated heterocycles. The van der Waals surface area contributed by atoms with E-state index in [-0.39, 0.29) is 0 Å². The van der Waals surface area contributed by atoms with Gasteiger partial charge in [-0.2, -0.15) is 0 Å². The number of fused-ring (bicyclic) bond motifs is 2. The molecule has 2 heterocycles. The van der Waals surface area contributed by atoms with Gasteiger partial charge in [-0.15, -0.1) is 11.3 Å². The Morgan fingerprint density at radius 3 is 3.00 bits per heavy atom. The highest BCUT2D eigenvalue weighted by atomic mass is 32.1. The summed E-state index contributed by atoms with van der Waals surface area (Å²) in [7, 11) is 0. The van der Waals surface area contributed by atoms with Crippen molar-refractivity contribution in [3.8, 4) is 0 Å². The molecule has 0 amide bonds. The molecule has 1 unspecified atom stereocenters. The first-order valence-electron chi connectivity index (χ1n) is 6.65. The molecule has 1 aliphatic rings. The molecular formula is C16H15NOS. The van der Waals surface area contributed by atoms with Crippen molar-refractivity contribution >= 4 is 22.2 Å². The summed E-state index contributed by atoms with van der Waals surface area (Å²) in [4.78, 5) is 4.72. The molecule has 1 aliphatic carbocycles. The fraction of sp³-hybridized carbons (Fsp3) is 0.250. The molecule has 0 aliphatic heterocycles. The number of aliphatic hydroxyl groups is 1. The molecule has 3 heteroatoms. The summed E-state index contributed by atoms with van der Waals surface area (Å²) < 4.78 is 0. The van der Waals surface area contributed by atoms with Crippen LogP contribution in [0.5, 0.6) is 0 Å². The minimum absolute atomic E-state index is 0.795. The number of rotatable bonds is 1. The van der Waals surface area contributed by atoms with Crippen molar-refractivity contribution in [1.29, 1.82) is 0 Å². The van der Waals surface area contributed by atoms with Gasteiger partial charge in [-0.25, -0.2) is 0 Å². The Hall–Kier alpha value is -1.58. The standard InChI is InChI=1S/C16H15NOS/c18-16(8-3-6-14-12(16)7-9-19-14)15-10-11-4-1-2-5-13(11)17-15/h1-2,4-5,7,9-10,17-18H,3,6,8H2. The van der Waals surface area contributed by atoms with Crippen molar-refractivity contribution in [1.82, 2.24) is 4.98 Å². The van der Waals surface area contributed by atoms with Crippen LogP contribution in [-0.4, -0.2) is 10.1 Å². The number of benzene rings is 1. The normalized spacial score (nSPS) is 22.6. The van der Waals surface area contributed by atoms with Gasteiger partial charge in [0.05, 0.1) is 5.69 Å². The van der Waals surface area contributed by atoms with Crippen molar-refractivity contribution in [3.05, 3.63) is 57.9 Å². The lowest BCUT2D eigenvalue weighted by atomic mass is 9.81. The van der Waals surface area contributed by atoms with E-state index in [0.717, 1.165) is 41.4 Å². The van der Waals surface area contributed by atoms with Crippen molar-refractivity contribution in [2.75, 3.05) is 0 Å². The molecular weight excluding hydrogens is 254 g/mol. The van der Waals surface area contributed by atoms with E-state index in [0.29, 0.717) is 0 Å². The number of hydrogen-bond donors (Lipinski definition) is 2. The monoisotopic (exact) mass is 269 g/mol. The number of thiophene rings is 1. The number of aromatic amines is 1. The van der Waals surface area contributed by atoms with E-state index < -0.39 is 5.60 Å². The average molecular weight is 269 g/mol.